The maximum atomic E-state index is 13.1. The minimum absolute atomic E-state index is 0.138. The van der Waals surface area contributed by atoms with Crippen LogP contribution in [0, 0.1) is 6.92 Å². The Morgan fingerprint density at radius 3 is 2.62 bits per heavy atom. The molecule has 4 aromatic rings. The molecule has 116 valence electrons. The molecule has 0 saturated carbocycles. The lowest BCUT2D eigenvalue weighted by atomic mass is 10.1. The van der Waals surface area contributed by atoms with E-state index < -0.39 is 0 Å². The zero-order valence-corrected chi connectivity index (χ0v) is 13.0. The summed E-state index contributed by atoms with van der Waals surface area (Å²) in [6.07, 6.45) is 5.06. The topological polar surface area (TPSA) is 60.7 Å². The van der Waals surface area contributed by atoms with E-state index in [1.807, 2.05) is 43.3 Å². The van der Waals surface area contributed by atoms with E-state index in [9.17, 15) is 4.79 Å². The van der Waals surface area contributed by atoms with Gasteiger partial charge in [-0.3, -0.25) is 9.78 Å². The standard InChI is InChI=1S/C19H14N4O/c1-13-6-4-8-15-17(13)22-18(14-7-5-10-20-12-14)23(19(15)24)16-9-2-3-11-21-16/h2-12H,1H3. The fourth-order valence-corrected chi connectivity index (χ4v) is 2.74. The van der Waals surface area contributed by atoms with E-state index in [1.165, 1.54) is 0 Å². The Kier molecular flexibility index (Phi) is 3.39. The fourth-order valence-electron chi connectivity index (χ4n) is 2.74. The first-order chi connectivity index (χ1) is 11.8. The SMILES string of the molecule is Cc1cccc2c(=O)n(-c3ccccn3)c(-c3cccnc3)nc12. The third-order valence-electron chi connectivity index (χ3n) is 3.90. The Morgan fingerprint density at radius 1 is 0.958 bits per heavy atom. The molecule has 0 spiro atoms. The molecule has 0 bridgehead atoms. The molecule has 0 aliphatic carbocycles. The first-order valence-electron chi connectivity index (χ1n) is 7.60. The van der Waals surface area contributed by atoms with E-state index in [0.29, 0.717) is 22.5 Å². The average Bonchev–Trinajstić information content (AvgIpc) is 2.64. The molecule has 5 nitrogen and oxygen atoms in total. The van der Waals surface area contributed by atoms with E-state index in [-0.39, 0.29) is 5.56 Å². The van der Waals surface area contributed by atoms with Crippen LogP contribution in [0.4, 0.5) is 0 Å². The number of aromatic nitrogens is 4. The minimum Gasteiger partial charge on any atom is -0.268 e. The van der Waals surface area contributed by atoms with Crippen LogP contribution >= 0.6 is 0 Å². The summed E-state index contributed by atoms with van der Waals surface area (Å²) in [5.74, 6) is 1.07. The second-order valence-corrected chi connectivity index (χ2v) is 5.48. The van der Waals surface area contributed by atoms with Crippen LogP contribution in [-0.4, -0.2) is 19.5 Å². The van der Waals surface area contributed by atoms with Gasteiger partial charge in [0.15, 0.2) is 5.82 Å². The van der Waals surface area contributed by atoms with E-state index in [0.717, 1.165) is 11.1 Å². The lowest BCUT2D eigenvalue weighted by Crippen LogP contribution is -2.23. The summed E-state index contributed by atoms with van der Waals surface area (Å²) in [5, 5.41) is 0.577. The van der Waals surface area contributed by atoms with Gasteiger partial charge in [0.25, 0.3) is 5.56 Å². The highest BCUT2D eigenvalue weighted by Crippen LogP contribution is 2.22. The Balaban J connectivity index is 2.16. The quantitative estimate of drug-likeness (QED) is 0.570. The second kappa shape index (κ2) is 5.70. The largest absolute Gasteiger partial charge is 0.268 e. The van der Waals surface area contributed by atoms with Crippen LogP contribution in [0.2, 0.25) is 0 Å². The van der Waals surface area contributed by atoms with E-state index in [1.54, 1.807) is 35.3 Å². The Morgan fingerprint density at radius 2 is 1.88 bits per heavy atom. The van der Waals surface area contributed by atoms with Gasteiger partial charge in [0.1, 0.15) is 5.82 Å². The predicted octanol–water partition coefficient (Wildman–Crippen LogP) is 3.15. The molecule has 3 heterocycles. The van der Waals surface area contributed by atoms with Crippen LogP contribution in [-0.2, 0) is 0 Å². The van der Waals surface area contributed by atoms with Gasteiger partial charge in [-0.2, -0.15) is 0 Å². The molecule has 0 amide bonds. The number of benzene rings is 1. The van der Waals surface area contributed by atoms with Crippen molar-refractivity contribution in [2.24, 2.45) is 0 Å². The van der Waals surface area contributed by atoms with Gasteiger partial charge in [0.2, 0.25) is 0 Å². The Labute approximate surface area is 138 Å². The molecular formula is C19H14N4O. The van der Waals surface area contributed by atoms with Crippen molar-refractivity contribution in [2.75, 3.05) is 0 Å². The van der Waals surface area contributed by atoms with Gasteiger partial charge < -0.3 is 0 Å². The number of nitrogens with zero attached hydrogens (tertiary/aromatic N) is 4. The number of para-hydroxylation sites is 1. The molecule has 0 aliphatic heterocycles. The van der Waals surface area contributed by atoms with Crippen LogP contribution in [0.3, 0.4) is 0 Å². The molecule has 0 aliphatic rings. The van der Waals surface area contributed by atoms with Crippen molar-refractivity contribution < 1.29 is 0 Å². The van der Waals surface area contributed by atoms with Crippen LogP contribution < -0.4 is 5.56 Å². The lowest BCUT2D eigenvalue weighted by Gasteiger charge is -2.13. The number of pyridine rings is 2. The second-order valence-electron chi connectivity index (χ2n) is 5.48. The van der Waals surface area contributed by atoms with Gasteiger partial charge in [-0.05, 0) is 42.8 Å². The maximum absolute atomic E-state index is 13.1. The van der Waals surface area contributed by atoms with Crippen LogP contribution in [0.5, 0.6) is 0 Å². The summed E-state index contributed by atoms with van der Waals surface area (Å²) < 4.78 is 1.54. The molecule has 0 radical (unpaired) electrons. The molecule has 0 saturated heterocycles. The molecule has 1 aromatic carbocycles. The van der Waals surface area contributed by atoms with Crippen molar-refractivity contribution in [1.29, 1.82) is 0 Å². The van der Waals surface area contributed by atoms with Crippen molar-refractivity contribution in [3.63, 3.8) is 0 Å². The van der Waals surface area contributed by atoms with Crippen molar-refractivity contribution in [2.45, 2.75) is 6.92 Å². The monoisotopic (exact) mass is 314 g/mol. The number of rotatable bonds is 2. The molecule has 4 rings (SSSR count). The summed E-state index contributed by atoms with van der Waals surface area (Å²) in [6.45, 7) is 1.95. The summed E-state index contributed by atoms with van der Waals surface area (Å²) in [7, 11) is 0. The van der Waals surface area contributed by atoms with Crippen LogP contribution in [0.25, 0.3) is 28.1 Å². The molecule has 0 fully saturated rings. The molecule has 24 heavy (non-hydrogen) atoms. The number of aryl methyl sites for hydroxylation is 1. The highest BCUT2D eigenvalue weighted by molar-refractivity contribution is 5.83. The van der Waals surface area contributed by atoms with Gasteiger partial charge in [-0.1, -0.05) is 18.2 Å². The molecule has 0 N–H and O–H groups in total. The molecule has 5 heteroatoms. The number of hydrogen-bond donors (Lipinski definition) is 0. The normalized spacial score (nSPS) is 10.9. The van der Waals surface area contributed by atoms with E-state index >= 15 is 0 Å². The van der Waals surface area contributed by atoms with E-state index in [4.69, 9.17) is 4.98 Å². The summed E-state index contributed by atoms with van der Waals surface area (Å²) in [4.78, 5) is 26.4. The fraction of sp³-hybridized carbons (Fsp3) is 0.0526. The number of fused-ring (bicyclic) bond motifs is 1. The molecule has 0 unspecified atom stereocenters. The number of hydrogen-bond acceptors (Lipinski definition) is 4. The highest BCUT2D eigenvalue weighted by atomic mass is 16.1. The Bertz CT molecular complexity index is 1070. The van der Waals surface area contributed by atoms with Gasteiger partial charge in [-0.25, -0.2) is 14.5 Å². The zero-order valence-electron chi connectivity index (χ0n) is 13.0. The van der Waals surface area contributed by atoms with Crippen molar-refractivity contribution in [3.8, 4) is 17.2 Å². The van der Waals surface area contributed by atoms with Gasteiger partial charge >= 0.3 is 0 Å². The zero-order chi connectivity index (χ0) is 16.5. The van der Waals surface area contributed by atoms with Gasteiger partial charge in [-0.15, -0.1) is 0 Å². The highest BCUT2D eigenvalue weighted by Gasteiger charge is 2.15. The van der Waals surface area contributed by atoms with Crippen molar-refractivity contribution >= 4 is 10.9 Å². The third kappa shape index (κ3) is 2.27. The first kappa shape index (κ1) is 14.3. The van der Waals surface area contributed by atoms with Crippen molar-refractivity contribution in [3.05, 3.63) is 83.0 Å². The summed E-state index contributed by atoms with van der Waals surface area (Å²) in [6, 6.07) is 14.8. The lowest BCUT2D eigenvalue weighted by molar-refractivity contribution is 0.929. The first-order valence-corrected chi connectivity index (χ1v) is 7.60. The van der Waals surface area contributed by atoms with Crippen molar-refractivity contribution in [1.82, 2.24) is 19.5 Å². The Hall–Kier alpha value is -3.34. The average molecular weight is 314 g/mol. The van der Waals surface area contributed by atoms with E-state index in [2.05, 4.69) is 9.97 Å². The minimum atomic E-state index is -0.138. The van der Waals surface area contributed by atoms with Crippen LogP contribution in [0.15, 0.2) is 71.9 Å². The maximum Gasteiger partial charge on any atom is 0.267 e. The van der Waals surface area contributed by atoms with Crippen LogP contribution in [0.1, 0.15) is 5.56 Å². The van der Waals surface area contributed by atoms with Gasteiger partial charge in [0.05, 0.1) is 10.9 Å². The summed E-state index contributed by atoms with van der Waals surface area (Å²) in [5.41, 5.74) is 2.29. The molecular weight excluding hydrogens is 300 g/mol. The third-order valence-corrected chi connectivity index (χ3v) is 3.90. The molecule has 0 atom stereocenters. The smallest absolute Gasteiger partial charge is 0.267 e. The summed E-state index contributed by atoms with van der Waals surface area (Å²) >= 11 is 0. The molecule has 3 aromatic heterocycles. The van der Waals surface area contributed by atoms with Gasteiger partial charge in [0, 0.05) is 24.2 Å². The predicted molar refractivity (Wildman–Crippen MR) is 93.1 cm³/mol.